The quantitative estimate of drug-likeness (QED) is 0.694. The van der Waals surface area contributed by atoms with Crippen LogP contribution in [-0.2, 0) is 16.1 Å². The second-order valence-electron chi connectivity index (χ2n) is 10.4. The van der Waals surface area contributed by atoms with E-state index >= 15 is 0 Å². The highest BCUT2D eigenvalue weighted by Crippen LogP contribution is 2.34. The fourth-order valence-electron chi connectivity index (χ4n) is 5.85. The van der Waals surface area contributed by atoms with Crippen LogP contribution in [0.5, 0.6) is 0 Å². The van der Waals surface area contributed by atoms with Crippen LogP contribution in [-0.4, -0.2) is 52.1 Å². The zero-order valence-corrected chi connectivity index (χ0v) is 20.3. The molecule has 0 radical (unpaired) electrons. The van der Waals surface area contributed by atoms with Crippen molar-refractivity contribution in [3.63, 3.8) is 0 Å². The van der Waals surface area contributed by atoms with E-state index in [1.807, 2.05) is 41.8 Å². The van der Waals surface area contributed by atoms with Crippen LogP contribution in [0, 0.1) is 0 Å². The van der Waals surface area contributed by atoms with E-state index < -0.39 is 5.54 Å². The zero-order valence-electron chi connectivity index (χ0n) is 20.3. The molecule has 182 valence electrons. The third-order valence-corrected chi connectivity index (χ3v) is 7.92. The first-order chi connectivity index (χ1) is 16.6. The van der Waals surface area contributed by atoms with Crippen LogP contribution >= 0.6 is 0 Å². The Kier molecular flexibility index (Phi) is 6.77. The molecule has 2 atom stereocenters. The summed E-state index contributed by atoms with van der Waals surface area (Å²) < 4.78 is 7.93. The summed E-state index contributed by atoms with van der Waals surface area (Å²) in [4.78, 5) is 29.6. The number of aromatic nitrogens is 1. The highest BCUT2D eigenvalue weighted by molar-refractivity contribution is 6.00. The SMILES string of the molecule is C[C@]1(C(=O)NC2CCCCCCC2)Cn2c(ccc2-c2ccccc2)C(=O)N1C[C@@H]1CCCO1. The Balaban J connectivity index is 1.47. The molecule has 5 rings (SSSR count). The monoisotopic (exact) mass is 463 g/mol. The molecular weight excluding hydrogens is 426 g/mol. The number of benzene rings is 1. The van der Waals surface area contributed by atoms with E-state index in [0.29, 0.717) is 18.8 Å². The summed E-state index contributed by atoms with van der Waals surface area (Å²) in [5, 5.41) is 3.37. The number of hydrogen-bond acceptors (Lipinski definition) is 3. The van der Waals surface area contributed by atoms with E-state index in [2.05, 4.69) is 17.4 Å². The number of rotatable bonds is 5. The van der Waals surface area contributed by atoms with Crippen molar-refractivity contribution in [1.29, 1.82) is 0 Å². The maximum Gasteiger partial charge on any atom is 0.271 e. The first-order valence-corrected chi connectivity index (χ1v) is 13.1. The molecule has 2 fully saturated rings. The highest BCUT2D eigenvalue weighted by Gasteiger charge is 2.49. The van der Waals surface area contributed by atoms with Gasteiger partial charge in [-0.2, -0.15) is 0 Å². The predicted octanol–water partition coefficient (Wildman–Crippen LogP) is 4.78. The minimum Gasteiger partial charge on any atom is -0.376 e. The number of amides is 2. The second kappa shape index (κ2) is 9.95. The van der Waals surface area contributed by atoms with Crippen LogP contribution in [0.15, 0.2) is 42.5 Å². The number of carbonyl (C=O) groups excluding carboxylic acids is 2. The van der Waals surface area contributed by atoms with Crippen molar-refractivity contribution < 1.29 is 14.3 Å². The van der Waals surface area contributed by atoms with Gasteiger partial charge in [-0.15, -0.1) is 0 Å². The van der Waals surface area contributed by atoms with E-state index in [1.165, 1.54) is 19.3 Å². The molecule has 34 heavy (non-hydrogen) atoms. The Hall–Kier alpha value is -2.60. The summed E-state index contributed by atoms with van der Waals surface area (Å²) in [6, 6.07) is 14.2. The molecule has 0 bridgehead atoms. The molecule has 3 aliphatic rings. The molecule has 2 aromatic rings. The van der Waals surface area contributed by atoms with E-state index in [-0.39, 0.29) is 24.0 Å². The van der Waals surface area contributed by atoms with Gasteiger partial charge in [0.25, 0.3) is 5.91 Å². The molecular formula is C28H37N3O3. The highest BCUT2D eigenvalue weighted by atomic mass is 16.5. The topological polar surface area (TPSA) is 63.6 Å². The van der Waals surface area contributed by atoms with Gasteiger partial charge in [-0.1, -0.05) is 62.4 Å². The summed E-state index contributed by atoms with van der Waals surface area (Å²) in [6.45, 7) is 3.57. The Morgan fingerprint density at radius 2 is 1.68 bits per heavy atom. The van der Waals surface area contributed by atoms with Crippen molar-refractivity contribution in [2.45, 2.75) is 88.9 Å². The van der Waals surface area contributed by atoms with Gasteiger partial charge in [0.1, 0.15) is 11.2 Å². The standard InChI is InChI=1S/C28H37N3O3/c1-28(27(33)29-22-13-8-3-2-4-9-14-22)20-30-24(21-11-6-5-7-12-21)16-17-25(30)26(32)31(28)19-23-15-10-18-34-23/h5-7,11-12,16-17,22-23H,2-4,8-10,13-15,18-20H2,1H3,(H,29,33)/t23-,28+/m0/s1. The van der Waals surface area contributed by atoms with Gasteiger partial charge >= 0.3 is 0 Å². The minimum absolute atomic E-state index is 0.00688. The number of hydrogen-bond donors (Lipinski definition) is 1. The summed E-state index contributed by atoms with van der Waals surface area (Å²) >= 11 is 0. The normalized spacial score (nSPS) is 26.1. The maximum absolute atomic E-state index is 13.9. The number of nitrogens with zero attached hydrogens (tertiary/aromatic N) is 2. The molecule has 1 N–H and O–H groups in total. The van der Waals surface area contributed by atoms with Crippen LogP contribution in [0.1, 0.15) is 75.2 Å². The third kappa shape index (κ3) is 4.52. The Morgan fingerprint density at radius 3 is 2.38 bits per heavy atom. The molecule has 1 aromatic carbocycles. The smallest absolute Gasteiger partial charge is 0.271 e. The van der Waals surface area contributed by atoms with E-state index in [9.17, 15) is 9.59 Å². The van der Waals surface area contributed by atoms with Crippen LogP contribution in [0.2, 0.25) is 0 Å². The molecule has 1 saturated heterocycles. The molecule has 0 unspecified atom stereocenters. The summed E-state index contributed by atoms with van der Waals surface area (Å²) in [5.74, 6) is -0.123. The Morgan fingerprint density at radius 1 is 0.971 bits per heavy atom. The van der Waals surface area contributed by atoms with Gasteiger partial charge in [0.15, 0.2) is 0 Å². The average molecular weight is 464 g/mol. The molecule has 3 heterocycles. The first-order valence-electron chi connectivity index (χ1n) is 13.1. The van der Waals surface area contributed by atoms with Gasteiger partial charge in [-0.3, -0.25) is 9.59 Å². The van der Waals surface area contributed by atoms with Crippen molar-refractivity contribution in [1.82, 2.24) is 14.8 Å². The van der Waals surface area contributed by atoms with Crippen LogP contribution in [0.3, 0.4) is 0 Å². The lowest BCUT2D eigenvalue weighted by Crippen LogP contribution is -2.66. The minimum atomic E-state index is -0.971. The number of carbonyl (C=O) groups is 2. The molecule has 2 aliphatic heterocycles. The maximum atomic E-state index is 13.9. The van der Waals surface area contributed by atoms with Crippen molar-refractivity contribution >= 4 is 11.8 Å². The van der Waals surface area contributed by atoms with E-state index in [1.54, 1.807) is 4.90 Å². The largest absolute Gasteiger partial charge is 0.376 e. The van der Waals surface area contributed by atoms with Gasteiger partial charge in [-0.05, 0) is 50.3 Å². The average Bonchev–Trinajstić information content (AvgIpc) is 3.49. The summed E-state index contributed by atoms with van der Waals surface area (Å²) in [7, 11) is 0. The van der Waals surface area contributed by atoms with Crippen molar-refractivity contribution in [2.24, 2.45) is 0 Å². The lowest BCUT2D eigenvalue weighted by molar-refractivity contribution is -0.134. The fraction of sp³-hybridized carbons (Fsp3) is 0.571. The van der Waals surface area contributed by atoms with Crippen molar-refractivity contribution in [2.75, 3.05) is 13.2 Å². The van der Waals surface area contributed by atoms with Crippen molar-refractivity contribution in [3.8, 4) is 11.3 Å². The third-order valence-electron chi connectivity index (χ3n) is 7.92. The Labute approximate surface area is 202 Å². The molecule has 6 heteroatoms. The molecule has 1 aromatic heterocycles. The fourth-order valence-corrected chi connectivity index (χ4v) is 5.85. The molecule has 2 amide bonds. The summed E-state index contributed by atoms with van der Waals surface area (Å²) in [5.41, 5.74) is 1.71. The zero-order chi connectivity index (χ0) is 23.5. The van der Waals surface area contributed by atoms with Gasteiger partial charge in [0, 0.05) is 24.9 Å². The lowest BCUT2D eigenvalue weighted by atomic mass is 9.91. The number of ether oxygens (including phenoxy) is 1. The van der Waals surface area contributed by atoms with Crippen LogP contribution < -0.4 is 5.32 Å². The van der Waals surface area contributed by atoms with Gasteiger partial charge in [-0.25, -0.2) is 0 Å². The molecule has 0 spiro atoms. The van der Waals surface area contributed by atoms with E-state index in [0.717, 1.165) is 56.4 Å². The molecule has 1 aliphatic carbocycles. The van der Waals surface area contributed by atoms with Gasteiger partial charge in [0.05, 0.1) is 12.6 Å². The number of nitrogens with one attached hydrogen (secondary N) is 1. The van der Waals surface area contributed by atoms with Crippen LogP contribution in [0.25, 0.3) is 11.3 Å². The van der Waals surface area contributed by atoms with Crippen LogP contribution in [0.4, 0.5) is 0 Å². The Bertz CT molecular complexity index is 1000. The number of fused-ring (bicyclic) bond motifs is 1. The van der Waals surface area contributed by atoms with E-state index in [4.69, 9.17) is 4.74 Å². The predicted molar refractivity (Wildman–Crippen MR) is 133 cm³/mol. The molecule has 1 saturated carbocycles. The van der Waals surface area contributed by atoms with Crippen molar-refractivity contribution in [3.05, 3.63) is 48.2 Å². The second-order valence-corrected chi connectivity index (χ2v) is 10.4. The summed E-state index contributed by atoms with van der Waals surface area (Å²) in [6.07, 6.45) is 10.0. The lowest BCUT2D eigenvalue weighted by Gasteiger charge is -2.45. The van der Waals surface area contributed by atoms with Gasteiger partial charge in [0.2, 0.25) is 5.91 Å². The first kappa shape index (κ1) is 23.2. The van der Waals surface area contributed by atoms with Gasteiger partial charge < -0.3 is 19.5 Å². The molecule has 6 nitrogen and oxygen atoms in total.